The zero-order valence-corrected chi connectivity index (χ0v) is 13.3. The molecule has 3 rings (SSSR count). The minimum atomic E-state index is -1.16. The molecule has 0 bridgehead atoms. The molecule has 126 valence electrons. The molecule has 0 saturated heterocycles. The Labute approximate surface area is 142 Å². The van der Waals surface area contributed by atoms with Crippen LogP contribution in [0.5, 0.6) is 11.5 Å². The number of benzene rings is 1. The summed E-state index contributed by atoms with van der Waals surface area (Å²) >= 11 is 6.16. The number of carbonyl (C=O) groups is 2. The van der Waals surface area contributed by atoms with Crippen LogP contribution in [0.15, 0.2) is 28.7 Å². The van der Waals surface area contributed by atoms with Gasteiger partial charge in [-0.15, -0.1) is 0 Å². The van der Waals surface area contributed by atoms with E-state index in [-0.39, 0.29) is 24.6 Å². The van der Waals surface area contributed by atoms with E-state index in [1.54, 1.807) is 12.1 Å². The highest BCUT2D eigenvalue weighted by molar-refractivity contribution is 6.31. The summed E-state index contributed by atoms with van der Waals surface area (Å²) in [5.74, 6) is -0.126. The van der Waals surface area contributed by atoms with E-state index in [9.17, 15) is 9.59 Å². The normalized spacial score (nSPS) is 12.7. The van der Waals surface area contributed by atoms with E-state index < -0.39 is 5.97 Å². The van der Waals surface area contributed by atoms with Gasteiger partial charge >= 0.3 is 5.97 Å². The average Bonchev–Trinajstić information content (AvgIpc) is 3.03. The standard InChI is InChI=1S/C16H14ClNO6/c17-11-7-14-13(22-3-4-23-14)5-9(11)6-15(19)18-8-10-1-2-12(24-10)16(20)21/h1-2,5,7H,3-4,6,8H2,(H,18,19)(H,20,21). The van der Waals surface area contributed by atoms with Gasteiger partial charge in [-0.05, 0) is 23.8 Å². The Morgan fingerprint density at radius 2 is 1.88 bits per heavy atom. The fraction of sp³-hybridized carbons (Fsp3) is 0.250. The van der Waals surface area contributed by atoms with Crippen molar-refractivity contribution in [1.82, 2.24) is 5.32 Å². The van der Waals surface area contributed by atoms with Crippen molar-refractivity contribution in [3.8, 4) is 11.5 Å². The smallest absolute Gasteiger partial charge is 0.371 e. The predicted octanol–water partition coefficient (Wildman–Crippen LogP) is 2.26. The van der Waals surface area contributed by atoms with Crippen LogP contribution in [0.3, 0.4) is 0 Å². The molecule has 1 aromatic heterocycles. The Balaban J connectivity index is 1.61. The van der Waals surface area contributed by atoms with E-state index in [0.717, 1.165) is 0 Å². The van der Waals surface area contributed by atoms with Gasteiger partial charge in [-0.3, -0.25) is 4.79 Å². The minimum Gasteiger partial charge on any atom is -0.486 e. The number of fused-ring (bicyclic) bond motifs is 1. The number of furan rings is 1. The van der Waals surface area contributed by atoms with Crippen molar-refractivity contribution in [2.75, 3.05) is 13.2 Å². The van der Waals surface area contributed by atoms with Crippen LogP contribution in [0.25, 0.3) is 0 Å². The first-order valence-corrected chi connectivity index (χ1v) is 7.57. The molecule has 2 heterocycles. The number of amides is 1. The average molecular weight is 352 g/mol. The SMILES string of the molecule is O=C(Cc1cc2c(cc1Cl)OCCO2)NCc1ccc(C(=O)O)o1. The lowest BCUT2D eigenvalue weighted by molar-refractivity contribution is -0.120. The molecule has 1 aromatic carbocycles. The second kappa shape index (κ2) is 6.84. The molecule has 0 saturated carbocycles. The van der Waals surface area contributed by atoms with Crippen LogP contribution in [0.1, 0.15) is 21.9 Å². The highest BCUT2D eigenvalue weighted by Crippen LogP contribution is 2.35. The van der Waals surface area contributed by atoms with Gasteiger partial charge in [0.2, 0.25) is 11.7 Å². The zero-order chi connectivity index (χ0) is 17.1. The third-order valence-corrected chi connectivity index (χ3v) is 3.75. The Morgan fingerprint density at radius 1 is 1.17 bits per heavy atom. The highest BCUT2D eigenvalue weighted by Gasteiger charge is 2.17. The van der Waals surface area contributed by atoms with Gasteiger partial charge < -0.3 is 24.3 Å². The van der Waals surface area contributed by atoms with Gasteiger partial charge in [-0.25, -0.2) is 4.79 Å². The molecule has 8 heteroatoms. The van der Waals surface area contributed by atoms with E-state index in [1.165, 1.54) is 12.1 Å². The lowest BCUT2D eigenvalue weighted by atomic mass is 10.1. The second-order valence-electron chi connectivity index (χ2n) is 5.11. The molecule has 0 fully saturated rings. The molecule has 1 amide bonds. The van der Waals surface area contributed by atoms with Gasteiger partial charge in [-0.2, -0.15) is 0 Å². The van der Waals surface area contributed by atoms with Gasteiger partial charge in [0.1, 0.15) is 19.0 Å². The number of carbonyl (C=O) groups excluding carboxylic acids is 1. The molecule has 2 N–H and O–H groups in total. The molecular weight excluding hydrogens is 338 g/mol. The molecule has 24 heavy (non-hydrogen) atoms. The Kier molecular flexibility index (Phi) is 4.61. The largest absolute Gasteiger partial charge is 0.486 e. The van der Waals surface area contributed by atoms with Crippen molar-refractivity contribution >= 4 is 23.5 Å². The summed E-state index contributed by atoms with van der Waals surface area (Å²) in [6.45, 7) is 1.00. The summed E-state index contributed by atoms with van der Waals surface area (Å²) in [6, 6.07) is 6.15. The number of ether oxygens (including phenoxy) is 2. The molecule has 0 aliphatic carbocycles. The summed E-state index contributed by atoms with van der Waals surface area (Å²) in [4.78, 5) is 22.8. The summed E-state index contributed by atoms with van der Waals surface area (Å²) in [6.07, 6.45) is 0.0575. The van der Waals surface area contributed by atoms with Gasteiger partial charge in [0, 0.05) is 11.1 Å². The Morgan fingerprint density at radius 3 is 2.54 bits per heavy atom. The van der Waals surface area contributed by atoms with E-state index in [4.69, 9.17) is 30.6 Å². The number of halogens is 1. The van der Waals surface area contributed by atoms with Crippen LogP contribution in [-0.2, 0) is 17.8 Å². The van der Waals surface area contributed by atoms with Gasteiger partial charge in [0.25, 0.3) is 0 Å². The molecule has 7 nitrogen and oxygen atoms in total. The van der Waals surface area contributed by atoms with Crippen molar-refractivity contribution in [1.29, 1.82) is 0 Å². The third kappa shape index (κ3) is 3.62. The maximum atomic E-state index is 12.0. The molecule has 0 unspecified atom stereocenters. The van der Waals surface area contributed by atoms with Crippen molar-refractivity contribution in [3.63, 3.8) is 0 Å². The molecule has 1 aliphatic heterocycles. The summed E-state index contributed by atoms with van der Waals surface area (Å²) < 4.78 is 16.0. The molecule has 0 atom stereocenters. The van der Waals surface area contributed by atoms with Crippen molar-refractivity contribution in [3.05, 3.63) is 46.4 Å². The van der Waals surface area contributed by atoms with Crippen molar-refractivity contribution in [2.24, 2.45) is 0 Å². The van der Waals surface area contributed by atoms with Crippen LogP contribution in [0.2, 0.25) is 5.02 Å². The topological polar surface area (TPSA) is 98.0 Å². The lowest BCUT2D eigenvalue weighted by Gasteiger charge is -2.19. The minimum absolute atomic E-state index is 0.0575. The Hall–Kier alpha value is -2.67. The van der Waals surface area contributed by atoms with Crippen LogP contribution in [0.4, 0.5) is 0 Å². The van der Waals surface area contributed by atoms with E-state index >= 15 is 0 Å². The lowest BCUT2D eigenvalue weighted by Crippen LogP contribution is -2.24. The number of nitrogens with one attached hydrogen (secondary N) is 1. The summed E-state index contributed by atoms with van der Waals surface area (Å²) in [7, 11) is 0. The van der Waals surface area contributed by atoms with Crippen molar-refractivity contribution in [2.45, 2.75) is 13.0 Å². The second-order valence-corrected chi connectivity index (χ2v) is 5.52. The number of aromatic carboxylic acids is 1. The maximum absolute atomic E-state index is 12.0. The first-order chi connectivity index (χ1) is 11.5. The molecule has 1 aliphatic rings. The van der Waals surface area contributed by atoms with Crippen LogP contribution >= 0.6 is 11.6 Å². The van der Waals surface area contributed by atoms with Gasteiger partial charge in [0.05, 0.1) is 13.0 Å². The highest BCUT2D eigenvalue weighted by atomic mass is 35.5. The first kappa shape index (κ1) is 16.2. The van der Waals surface area contributed by atoms with E-state index in [0.29, 0.717) is 41.1 Å². The van der Waals surface area contributed by atoms with E-state index in [1.807, 2.05) is 0 Å². The fourth-order valence-electron chi connectivity index (χ4n) is 2.25. The maximum Gasteiger partial charge on any atom is 0.371 e. The molecule has 0 radical (unpaired) electrons. The third-order valence-electron chi connectivity index (χ3n) is 3.39. The van der Waals surface area contributed by atoms with Crippen molar-refractivity contribution < 1.29 is 28.6 Å². The number of hydrogen-bond acceptors (Lipinski definition) is 5. The van der Waals surface area contributed by atoms with E-state index in [2.05, 4.69) is 5.32 Å². The molecule has 0 spiro atoms. The van der Waals surface area contributed by atoms with Crippen LogP contribution in [-0.4, -0.2) is 30.2 Å². The number of rotatable bonds is 5. The van der Waals surface area contributed by atoms with Gasteiger partial charge in [-0.1, -0.05) is 11.6 Å². The zero-order valence-electron chi connectivity index (χ0n) is 12.5. The summed E-state index contributed by atoms with van der Waals surface area (Å²) in [5, 5.41) is 11.8. The Bertz CT molecular complexity index is 785. The number of hydrogen-bond donors (Lipinski definition) is 2. The predicted molar refractivity (Wildman–Crippen MR) is 83.7 cm³/mol. The monoisotopic (exact) mass is 351 g/mol. The first-order valence-electron chi connectivity index (χ1n) is 7.19. The summed E-state index contributed by atoms with van der Waals surface area (Å²) in [5.41, 5.74) is 0.615. The number of carboxylic acids is 1. The van der Waals surface area contributed by atoms with Crippen LogP contribution < -0.4 is 14.8 Å². The fourth-order valence-corrected chi connectivity index (χ4v) is 2.47. The van der Waals surface area contributed by atoms with Gasteiger partial charge in [0.15, 0.2) is 11.5 Å². The molecular formula is C16H14ClNO6. The molecule has 2 aromatic rings. The quantitative estimate of drug-likeness (QED) is 0.857. The number of carboxylic acid groups (broad SMARTS) is 1. The van der Waals surface area contributed by atoms with Crippen LogP contribution in [0, 0.1) is 0 Å².